The zero-order valence-electron chi connectivity index (χ0n) is 16.2. The largest absolute Gasteiger partial charge is 0.462 e. The molecule has 0 radical (unpaired) electrons. The number of piperazine rings is 1. The van der Waals surface area contributed by atoms with Gasteiger partial charge in [-0.3, -0.25) is 4.90 Å². The van der Waals surface area contributed by atoms with Crippen molar-refractivity contribution in [3.8, 4) is 0 Å². The van der Waals surface area contributed by atoms with Crippen molar-refractivity contribution in [3.05, 3.63) is 63.6 Å². The minimum absolute atomic E-state index is 0.155. The molecule has 1 aliphatic heterocycles. The molecule has 3 rings (SSSR count). The first-order valence-electron chi connectivity index (χ1n) is 9.45. The summed E-state index contributed by atoms with van der Waals surface area (Å²) in [6.07, 6.45) is 0. The molecule has 1 fully saturated rings. The number of carbonyl (C=O) groups is 2. The predicted molar refractivity (Wildman–Crippen MR) is 115 cm³/mol. The van der Waals surface area contributed by atoms with Crippen molar-refractivity contribution in [3.63, 3.8) is 0 Å². The van der Waals surface area contributed by atoms with Crippen molar-refractivity contribution in [2.45, 2.75) is 13.5 Å². The molecule has 29 heavy (non-hydrogen) atoms. The third-order valence-electron chi connectivity index (χ3n) is 4.72. The molecule has 0 aliphatic carbocycles. The smallest absolute Gasteiger partial charge is 0.338 e. The van der Waals surface area contributed by atoms with Gasteiger partial charge in [-0.15, -0.1) is 0 Å². The van der Waals surface area contributed by atoms with Gasteiger partial charge in [0.1, 0.15) is 0 Å². The molecule has 154 valence electrons. The highest BCUT2D eigenvalue weighted by Crippen LogP contribution is 2.23. The van der Waals surface area contributed by atoms with E-state index in [0.717, 1.165) is 25.2 Å². The van der Waals surface area contributed by atoms with Crippen LogP contribution in [0.5, 0.6) is 0 Å². The maximum atomic E-state index is 12.5. The van der Waals surface area contributed by atoms with Crippen molar-refractivity contribution in [2.75, 3.05) is 38.1 Å². The summed E-state index contributed by atoms with van der Waals surface area (Å²) in [5.74, 6) is -0.373. The molecular formula is C21H23Cl2N3O3. The van der Waals surface area contributed by atoms with Crippen molar-refractivity contribution in [2.24, 2.45) is 0 Å². The molecule has 0 spiro atoms. The van der Waals surface area contributed by atoms with Gasteiger partial charge in [0.25, 0.3) is 0 Å². The van der Waals surface area contributed by atoms with Gasteiger partial charge >= 0.3 is 12.0 Å². The Morgan fingerprint density at radius 1 is 1.03 bits per heavy atom. The van der Waals surface area contributed by atoms with Crippen LogP contribution in [-0.4, -0.2) is 54.6 Å². The second-order valence-electron chi connectivity index (χ2n) is 6.73. The summed E-state index contributed by atoms with van der Waals surface area (Å²) in [6, 6.07) is 12.0. The number of esters is 1. The molecule has 0 bridgehead atoms. The van der Waals surface area contributed by atoms with Crippen molar-refractivity contribution in [1.29, 1.82) is 0 Å². The fourth-order valence-electron chi connectivity index (χ4n) is 3.11. The molecule has 1 heterocycles. The number of nitrogens with zero attached hydrogens (tertiary/aromatic N) is 2. The molecule has 2 amide bonds. The highest BCUT2D eigenvalue weighted by atomic mass is 35.5. The van der Waals surface area contributed by atoms with Crippen molar-refractivity contribution < 1.29 is 14.3 Å². The zero-order chi connectivity index (χ0) is 20.8. The van der Waals surface area contributed by atoms with Crippen LogP contribution in [0.25, 0.3) is 0 Å². The van der Waals surface area contributed by atoms with Gasteiger partial charge in [-0.25, -0.2) is 9.59 Å². The van der Waals surface area contributed by atoms with Crippen LogP contribution < -0.4 is 5.32 Å². The second kappa shape index (κ2) is 9.96. The van der Waals surface area contributed by atoms with Gasteiger partial charge in [-0.1, -0.05) is 29.3 Å². The number of benzene rings is 2. The highest BCUT2D eigenvalue weighted by Gasteiger charge is 2.22. The minimum atomic E-state index is -0.373. The summed E-state index contributed by atoms with van der Waals surface area (Å²) < 4.78 is 4.96. The standard InChI is InChI=1S/C21H23Cl2N3O3/c1-2-29-20(27)15-4-7-18(8-5-15)24-21(28)26-11-9-25(10-12-26)14-16-3-6-17(22)13-19(16)23/h3-8,13H,2,9-12,14H2,1H3,(H,24,28). The highest BCUT2D eigenvalue weighted by molar-refractivity contribution is 6.35. The number of rotatable bonds is 5. The maximum absolute atomic E-state index is 12.5. The van der Waals surface area contributed by atoms with E-state index in [0.29, 0.717) is 41.0 Å². The topological polar surface area (TPSA) is 61.9 Å². The summed E-state index contributed by atoms with van der Waals surface area (Å²) in [5, 5.41) is 4.15. The third kappa shape index (κ3) is 5.85. The van der Waals surface area contributed by atoms with Gasteiger partial charge in [0, 0.05) is 48.5 Å². The van der Waals surface area contributed by atoms with Gasteiger partial charge in [0.15, 0.2) is 0 Å². The number of anilines is 1. The van der Waals surface area contributed by atoms with Gasteiger partial charge < -0.3 is 15.0 Å². The van der Waals surface area contributed by atoms with E-state index in [9.17, 15) is 9.59 Å². The van der Waals surface area contributed by atoms with Crippen molar-refractivity contribution in [1.82, 2.24) is 9.80 Å². The number of hydrogen-bond donors (Lipinski definition) is 1. The zero-order valence-corrected chi connectivity index (χ0v) is 17.7. The molecule has 0 saturated carbocycles. The molecule has 1 N–H and O–H groups in total. The number of urea groups is 1. The Bertz CT molecular complexity index is 866. The summed E-state index contributed by atoms with van der Waals surface area (Å²) >= 11 is 12.2. The average Bonchev–Trinajstić information content (AvgIpc) is 2.71. The van der Waals surface area contributed by atoms with E-state index in [-0.39, 0.29) is 12.0 Å². The summed E-state index contributed by atoms with van der Waals surface area (Å²) in [7, 11) is 0. The number of nitrogens with one attached hydrogen (secondary N) is 1. The van der Waals surface area contributed by atoms with Gasteiger partial charge in [-0.2, -0.15) is 0 Å². The summed E-state index contributed by atoms with van der Waals surface area (Å²) in [6.45, 7) is 5.57. The van der Waals surface area contributed by atoms with E-state index >= 15 is 0 Å². The number of halogens is 2. The van der Waals surface area contributed by atoms with Crippen LogP contribution in [0, 0.1) is 0 Å². The lowest BCUT2D eigenvalue weighted by Crippen LogP contribution is -2.49. The molecule has 2 aromatic carbocycles. The Labute approximate surface area is 180 Å². The molecular weight excluding hydrogens is 413 g/mol. The third-order valence-corrected chi connectivity index (χ3v) is 5.30. The summed E-state index contributed by atoms with van der Waals surface area (Å²) in [5.41, 5.74) is 2.12. The Morgan fingerprint density at radius 2 is 1.72 bits per heavy atom. The van der Waals surface area contributed by atoms with Crippen LogP contribution in [0.4, 0.5) is 10.5 Å². The van der Waals surface area contributed by atoms with Crippen LogP contribution >= 0.6 is 23.2 Å². The molecule has 8 heteroatoms. The average molecular weight is 436 g/mol. The number of carbonyl (C=O) groups excluding carboxylic acids is 2. The van der Waals surface area contributed by atoms with Gasteiger partial charge in [-0.05, 0) is 48.9 Å². The van der Waals surface area contributed by atoms with E-state index < -0.39 is 0 Å². The fourth-order valence-corrected chi connectivity index (χ4v) is 3.57. The molecule has 6 nitrogen and oxygen atoms in total. The van der Waals surface area contributed by atoms with Crippen LogP contribution in [0.1, 0.15) is 22.8 Å². The molecule has 2 aromatic rings. The fraction of sp³-hybridized carbons (Fsp3) is 0.333. The number of hydrogen-bond acceptors (Lipinski definition) is 4. The second-order valence-corrected chi connectivity index (χ2v) is 7.57. The van der Waals surface area contributed by atoms with Crippen LogP contribution in [0.15, 0.2) is 42.5 Å². The van der Waals surface area contributed by atoms with E-state index in [2.05, 4.69) is 10.2 Å². The van der Waals surface area contributed by atoms with Crippen molar-refractivity contribution >= 4 is 40.9 Å². The monoisotopic (exact) mass is 435 g/mol. The molecule has 0 aromatic heterocycles. The minimum Gasteiger partial charge on any atom is -0.462 e. The van der Waals surface area contributed by atoms with E-state index in [4.69, 9.17) is 27.9 Å². The molecule has 0 atom stereocenters. The SMILES string of the molecule is CCOC(=O)c1ccc(NC(=O)N2CCN(Cc3ccc(Cl)cc3Cl)CC2)cc1. The van der Waals surface area contributed by atoms with Gasteiger partial charge in [0.2, 0.25) is 0 Å². The van der Waals surface area contributed by atoms with Crippen LogP contribution in [0.2, 0.25) is 10.0 Å². The van der Waals surface area contributed by atoms with E-state index in [1.165, 1.54) is 0 Å². The molecule has 0 unspecified atom stereocenters. The lowest BCUT2D eigenvalue weighted by molar-refractivity contribution is 0.0526. The normalized spacial score (nSPS) is 14.5. The van der Waals surface area contributed by atoms with Crippen LogP contribution in [0.3, 0.4) is 0 Å². The summed E-state index contributed by atoms with van der Waals surface area (Å²) in [4.78, 5) is 28.2. The first-order valence-corrected chi connectivity index (χ1v) is 10.2. The first-order chi connectivity index (χ1) is 14.0. The van der Waals surface area contributed by atoms with Crippen LogP contribution in [-0.2, 0) is 11.3 Å². The Balaban J connectivity index is 1.49. The number of ether oxygens (including phenoxy) is 1. The Kier molecular flexibility index (Phi) is 7.36. The van der Waals surface area contributed by atoms with E-state index in [1.807, 2.05) is 12.1 Å². The van der Waals surface area contributed by atoms with Gasteiger partial charge in [0.05, 0.1) is 12.2 Å². The Hall–Kier alpha value is -2.28. The predicted octanol–water partition coefficient (Wildman–Crippen LogP) is 4.52. The molecule has 1 aliphatic rings. The Morgan fingerprint density at radius 3 is 2.34 bits per heavy atom. The lowest BCUT2D eigenvalue weighted by Gasteiger charge is -2.34. The maximum Gasteiger partial charge on any atom is 0.338 e. The quantitative estimate of drug-likeness (QED) is 0.701. The lowest BCUT2D eigenvalue weighted by atomic mass is 10.2. The molecule has 1 saturated heterocycles. The number of amides is 2. The van der Waals surface area contributed by atoms with E-state index in [1.54, 1.807) is 42.2 Å². The first kappa shape index (κ1) is 21.4.